The Hall–Kier alpha value is -3.22. The van der Waals surface area contributed by atoms with Crippen molar-refractivity contribution in [1.82, 2.24) is 4.90 Å². The number of allylic oxidation sites excluding steroid dienone is 5. The van der Waals surface area contributed by atoms with Crippen LogP contribution in [0.4, 0.5) is 18.9 Å². The van der Waals surface area contributed by atoms with Crippen molar-refractivity contribution in [1.29, 1.82) is 0 Å². The van der Waals surface area contributed by atoms with Crippen molar-refractivity contribution in [3.8, 4) is 5.75 Å². The molecule has 172 valence electrons. The van der Waals surface area contributed by atoms with Gasteiger partial charge in [0.25, 0.3) is 5.91 Å². The molecule has 5 nitrogen and oxygen atoms in total. The topological polar surface area (TPSA) is 49.9 Å². The Balaban J connectivity index is 1.60. The molecule has 0 bridgehead atoms. The molecule has 2 heterocycles. The molecular weight excluding hydrogens is 457 g/mol. The number of hydrogen-bond donors (Lipinski definition) is 0. The Labute approximate surface area is 193 Å². The van der Waals surface area contributed by atoms with Gasteiger partial charge in [0.15, 0.2) is 6.61 Å². The van der Waals surface area contributed by atoms with Gasteiger partial charge in [0, 0.05) is 43.1 Å². The summed E-state index contributed by atoms with van der Waals surface area (Å²) >= 11 is 6.49. The fraction of sp³-hybridized carbons (Fsp3) is 0.292. The molecule has 1 aliphatic carbocycles. The molecule has 0 spiro atoms. The van der Waals surface area contributed by atoms with Gasteiger partial charge in [0.1, 0.15) is 5.75 Å². The molecular formula is C24H20ClF3N2O3. The van der Waals surface area contributed by atoms with E-state index in [4.69, 9.17) is 16.3 Å². The van der Waals surface area contributed by atoms with Crippen LogP contribution in [0.1, 0.15) is 12.0 Å². The van der Waals surface area contributed by atoms with Crippen LogP contribution in [0.2, 0.25) is 5.02 Å². The Bertz CT molecular complexity index is 1140. The molecule has 1 aromatic carbocycles. The van der Waals surface area contributed by atoms with Gasteiger partial charge >= 0.3 is 6.18 Å². The Kier molecular flexibility index (Phi) is 6.23. The van der Waals surface area contributed by atoms with E-state index < -0.39 is 11.7 Å². The molecule has 2 aliphatic heterocycles. The van der Waals surface area contributed by atoms with E-state index in [0.29, 0.717) is 42.2 Å². The van der Waals surface area contributed by atoms with Crippen LogP contribution in [0.25, 0.3) is 5.57 Å². The van der Waals surface area contributed by atoms with Crippen molar-refractivity contribution in [3.63, 3.8) is 0 Å². The van der Waals surface area contributed by atoms with Gasteiger partial charge in [0.2, 0.25) is 5.91 Å². The highest BCUT2D eigenvalue weighted by Crippen LogP contribution is 2.42. The number of rotatable bonds is 4. The lowest BCUT2D eigenvalue weighted by molar-refractivity contribution is -0.132. The van der Waals surface area contributed by atoms with Crippen LogP contribution in [-0.4, -0.2) is 49.1 Å². The number of ether oxygens (including phenoxy) is 1. The second-order valence-electron chi connectivity index (χ2n) is 7.96. The maximum absolute atomic E-state index is 13.4. The van der Waals surface area contributed by atoms with Crippen molar-refractivity contribution >= 4 is 34.7 Å². The summed E-state index contributed by atoms with van der Waals surface area (Å²) in [5.74, 6) is 0.0518. The van der Waals surface area contributed by atoms with Crippen LogP contribution in [0.15, 0.2) is 60.4 Å². The summed E-state index contributed by atoms with van der Waals surface area (Å²) in [6.07, 6.45) is 1.67. The molecule has 0 atom stereocenters. The molecule has 0 N–H and O–H groups in total. The summed E-state index contributed by atoms with van der Waals surface area (Å²) in [5, 5.41) is 0.208. The third-order valence-corrected chi connectivity index (χ3v) is 6.04. The van der Waals surface area contributed by atoms with Gasteiger partial charge in [-0.05, 0) is 42.0 Å². The molecule has 1 fully saturated rings. The number of alkyl halides is 3. The summed E-state index contributed by atoms with van der Waals surface area (Å²) in [4.78, 5) is 27.4. The highest BCUT2D eigenvalue weighted by molar-refractivity contribution is 6.33. The standard InChI is InChI=1S/C24H20ClF3N2O3/c1-2-22(31)29-11-15(12-29)13-30-20-10-19(25)18(9-21(20)33-14-23(30)32)16-6-4-3-5-7-17(8-16)24(26,27)28/h2,4-7,9-10,15H,1,8,11-14H2/b16-6+,17-7+. The Morgan fingerprint density at radius 2 is 2.00 bits per heavy atom. The first-order chi connectivity index (χ1) is 15.7. The lowest BCUT2D eigenvalue weighted by Gasteiger charge is -2.42. The van der Waals surface area contributed by atoms with Gasteiger partial charge in [-0.25, -0.2) is 0 Å². The summed E-state index contributed by atoms with van der Waals surface area (Å²) in [6, 6.07) is 3.12. The minimum absolute atomic E-state index is 0.0898. The number of carbonyl (C=O) groups is 2. The number of hydrogen-bond acceptors (Lipinski definition) is 3. The summed E-state index contributed by atoms with van der Waals surface area (Å²) in [6.45, 7) is 4.68. The molecule has 33 heavy (non-hydrogen) atoms. The van der Waals surface area contributed by atoms with E-state index in [-0.39, 0.29) is 35.8 Å². The number of nitrogens with zero attached hydrogens (tertiary/aromatic N) is 2. The average molecular weight is 477 g/mol. The van der Waals surface area contributed by atoms with E-state index in [2.05, 4.69) is 12.3 Å². The molecule has 0 saturated carbocycles. The molecule has 9 heteroatoms. The highest BCUT2D eigenvalue weighted by atomic mass is 35.5. The van der Waals surface area contributed by atoms with Crippen LogP contribution in [0.5, 0.6) is 5.75 Å². The number of benzene rings is 1. The van der Waals surface area contributed by atoms with Crippen molar-refractivity contribution in [3.05, 3.63) is 71.0 Å². The fourth-order valence-corrected chi connectivity index (χ4v) is 4.26. The van der Waals surface area contributed by atoms with E-state index in [1.165, 1.54) is 24.3 Å². The van der Waals surface area contributed by atoms with Crippen LogP contribution >= 0.6 is 11.6 Å². The minimum atomic E-state index is -4.49. The molecule has 1 saturated heterocycles. The summed E-state index contributed by atoms with van der Waals surface area (Å²) in [5.41, 5.74) is 3.16. The quantitative estimate of drug-likeness (QED) is 0.467. The van der Waals surface area contributed by atoms with E-state index in [0.717, 1.165) is 6.08 Å². The molecule has 2 amide bonds. The molecule has 4 rings (SSSR count). The normalized spacial score (nSPS) is 21.6. The van der Waals surface area contributed by atoms with Gasteiger partial charge in [-0.15, -0.1) is 5.73 Å². The van der Waals surface area contributed by atoms with Crippen molar-refractivity contribution < 1.29 is 27.5 Å². The van der Waals surface area contributed by atoms with Crippen LogP contribution in [0.3, 0.4) is 0 Å². The summed E-state index contributed by atoms with van der Waals surface area (Å²) < 4.78 is 45.8. The first-order valence-electron chi connectivity index (χ1n) is 10.2. The highest BCUT2D eigenvalue weighted by Gasteiger charge is 2.36. The zero-order chi connectivity index (χ0) is 23.8. The van der Waals surface area contributed by atoms with Gasteiger partial charge in [-0.2, -0.15) is 13.2 Å². The molecule has 3 aliphatic rings. The van der Waals surface area contributed by atoms with E-state index in [1.807, 2.05) is 0 Å². The minimum Gasteiger partial charge on any atom is -0.482 e. The van der Waals surface area contributed by atoms with Crippen LogP contribution in [-0.2, 0) is 9.59 Å². The van der Waals surface area contributed by atoms with E-state index in [1.54, 1.807) is 21.9 Å². The molecule has 0 aromatic heterocycles. The van der Waals surface area contributed by atoms with Crippen LogP contribution < -0.4 is 9.64 Å². The number of fused-ring (bicyclic) bond motifs is 1. The first kappa shape index (κ1) is 23.0. The number of anilines is 1. The summed E-state index contributed by atoms with van der Waals surface area (Å²) in [7, 11) is 0. The number of carbonyl (C=O) groups excluding carboxylic acids is 2. The molecule has 0 radical (unpaired) electrons. The van der Waals surface area contributed by atoms with Crippen molar-refractivity contribution in [2.45, 2.75) is 12.6 Å². The molecule has 1 aromatic rings. The number of likely N-dealkylation sites (tertiary alicyclic amines) is 1. The van der Waals surface area contributed by atoms with Crippen LogP contribution in [0, 0.1) is 5.92 Å². The lowest BCUT2D eigenvalue weighted by Crippen LogP contribution is -2.55. The SMILES string of the molecule is C=CC(=O)N1CC(CN2C(=O)COc3cc(/C4=C/C=C=C/C=C(/C(F)(F)F)C4)c(Cl)cc32)C1. The monoisotopic (exact) mass is 476 g/mol. The van der Waals surface area contributed by atoms with Crippen molar-refractivity contribution in [2.75, 3.05) is 31.1 Å². The zero-order valence-electron chi connectivity index (χ0n) is 17.5. The Morgan fingerprint density at radius 1 is 1.27 bits per heavy atom. The smallest absolute Gasteiger partial charge is 0.413 e. The second kappa shape index (κ2) is 8.96. The third-order valence-electron chi connectivity index (χ3n) is 5.73. The van der Waals surface area contributed by atoms with Crippen molar-refractivity contribution in [2.24, 2.45) is 5.92 Å². The van der Waals surface area contributed by atoms with Gasteiger partial charge < -0.3 is 14.5 Å². The number of halogens is 4. The average Bonchev–Trinajstić information content (AvgIpc) is 2.70. The van der Waals surface area contributed by atoms with Gasteiger partial charge in [-0.3, -0.25) is 9.59 Å². The lowest BCUT2D eigenvalue weighted by atomic mass is 9.94. The first-order valence-corrected chi connectivity index (χ1v) is 10.6. The maximum Gasteiger partial charge on any atom is 0.413 e. The maximum atomic E-state index is 13.4. The second-order valence-corrected chi connectivity index (χ2v) is 8.37. The number of amides is 2. The van der Waals surface area contributed by atoms with Gasteiger partial charge in [0.05, 0.1) is 10.7 Å². The predicted molar refractivity (Wildman–Crippen MR) is 119 cm³/mol. The van der Waals surface area contributed by atoms with E-state index >= 15 is 0 Å². The van der Waals surface area contributed by atoms with Gasteiger partial charge in [-0.1, -0.05) is 24.3 Å². The molecule has 0 unspecified atom stereocenters. The third kappa shape index (κ3) is 4.77. The fourth-order valence-electron chi connectivity index (χ4n) is 3.98. The largest absolute Gasteiger partial charge is 0.482 e. The predicted octanol–water partition coefficient (Wildman–Crippen LogP) is 4.70. The van der Waals surface area contributed by atoms with E-state index in [9.17, 15) is 22.8 Å². The Morgan fingerprint density at radius 3 is 2.70 bits per heavy atom. The zero-order valence-corrected chi connectivity index (χ0v) is 18.2.